The minimum atomic E-state index is -0.116. The van der Waals surface area contributed by atoms with E-state index >= 15 is 0 Å². The molecule has 0 bridgehead atoms. The Kier molecular flexibility index (Phi) is 6.44. The quantitative estimate of drug-likeness (QED) is 0.351. The van der Waals surface area contributed by atoms with Crippen LogP contribution in [0.25, 0.3) is 11.1 Å². The number of carbonyl (C=O) groups is 1. The van der Waals surface area contributed by atoms with Gasteiger partial charge in [-0.3, -0.25) is 4.79 Å². The Bertz CT molecular complexity index is 1290. The van der Waals surface area contributed by atoms with Gasteiger partial charge in [0.2, 0.25) is 5.89 Å². The number of piperazine rings is 1. The second-order valence-electron chi connectivity index (χ2n) is 8.00. The zero-order valence-corrected chi connectivity index (χ0v) is 20.0. The van der Waals surface area contributed by atoms with E-state index in [9.17, 15) is 4.79 Å². The van der Waals surface area contributed by atoms with Crippen LogP contribution in [-0.2, 0) is 5.75 Å². The smallest absolute Gasteiger partial charge is 0.275 e. The van der Waals surface area contributed by atoms with Crippen molar-refractivity contribution in [3.8, 4) is 5.75 Å². The van der Waals surface area contributed by atoms with E-state index in [0.717, 1.165) is 41.2 Å². The van der Waals surface area contributed by atoms with Crippen molar-refractivity contribution in [1.29, 1.82) is 0 Å². The van der Waals surface area contributed by atoms with Crippen molar-refractivity contribution < 1.29 is 18.4 Å². The molecule has 1 aliphatic heterocycles. The predicted molar refractivity (Wildman–Crippen MR) is 131 cm³/mol. The summed E-state index contributed by atoms with van der Waals surface area (Å²) in [6.45, 7) is 7.28. The molecule has 0 N–H and O–H groups in total. The van der Waals surface area contributed by atoms with Gasteiger partial charge in [-0.05, 0) is 37.6 Å². The molecule has 3 heterocycles. The average Bonchev–Trinajstić information content (AvgIpc) is 3.51. The molecule has 1 amide bonds. The molecule has 0 saturated carbocycles. The molecule has 2 aromatic carbocycles. The lowest BCUT2D eigenvalue weighted by molar-refractivity contribution is 0.0740. The number of carbonyl (C=O) groups excluding carboxylic acids is 1. The second-order valence-corrected chi connectivity index (χ2v) is 8.92. The highest BCUT2D eigenvalue weighted by Crippen LogP contribution is 2.30. The Morgan fingerprint density at radius 3 is 2.71 bits per heavy atom. The second kappa shape index (κ2) is 9.80. The fraction of sp³-hybridized carbons (Fsp3) is 0.320. The molecule has 0 atom stereocenters. The van der Waals surface area contributed by atoms with Crippen LogP contribution in [0.1, 0.15) is 28.9 Å². The number of thioether (sulfide) groups is 1. The number of fused-ring (bicyclic) bond motifs is 1. The number of amides is 1. The number of para-hydroxylation sites is 3. The molecule has 4 aromatic rings. The molecule has 5 rings (SSSR count). The third-order valence-corrected chi connectivity index (χ3v) is 6.58. The summed E-state index contributed by atoms with van der Waals surface area (Å²) in [5.41, 5.74) is 4.07. The molecule has 1 saturated heterocycles. The lowest BCUT2D eigenvalue weighted by atomic mass is 10.2. The summed E-state index contributed by atoms with van der Waals surface area (Å²) >= 11 is 1.39. The molecular weight excluding hydrogens is 452 g/mol. The maximum absolute atomic E-state index is 13.0. The van der Waals surface area contributed by atoms with Crippen molar-refractivity contribution in [2.45, 2.75) is 24.8 Å². The van der Waals surface area contributed by atoms with Gasteiger partial charge in [-0.1, -0.05) is 36.0 Å². The highest BCUT2D eigenvalue weighted by atomic mass is 32.2. The molecule has 0 spiro atoms. The van der Waals surface area contributed by atoms with E-state index in [4.69, 9.17) is 13.6 Å². The van der Waals surface area contributed by atoms with Crippen molar-refractivity contribution in [1.82, 2.24) is 14.9 Å². The normalized spacial score (nSPS) is 14.1. The summed E-state index contributed by atoms with van der Waals surface area (Å²) in [5, 5.41) is 0.554. The van der Waals surface area contributed by atoms with E-state index in [1.807, 2.05) is 55.1 Å². The number of rotatable bonds is 7. The molecular formula is C25H26N4O4S. The van der Waals surface area contributed by atoms with Gasteiger partial charge in [0.1, 0.15) is 17.5 Å². The Morgan fingerprint density at radius 1 is 1.09 bits per heavy atom. The molecule has 9 heteroatoms. The van der Waals surface area contributed by atoms with E-state index in [1.165, 1.54) is 18.0 Å². The van der Waals surface area contributed by atoms with Crippen LogP contribution in [0.2, 0.25) is 0 Å². The predicted octanol–water partition coefficient (Wildman–Crippen LogP) is 4.78. The van der Waals surface area contributed by atoms with Crippen molar-refractivity contribution in [2.24, 2.45) is 0 Å². The molecule has 8 nitrogen and oxygen atoms in total. The van der Waals surface area contributed by atoms with Crippen LogP contribution in [0.3, 0.4) is 0 Å². The Balaban J connectivity index is 1.18. The standard InChI is InChI=1S/C25H26N4O4S/c1-3-31-20-9-5-4-8-19(20)28-11-13-29(14-12-28)24(30)18-15-32-22(26-18)16-34-25-27-23-17(2)7-6-10-21(23)33-25/h4-10,15H,3,11-14,16H2,1-2H3. The first-order valence-corrected chi connectivity index (χ1v) is 12.3. The third-order valence-electron chi connectivity index (χ3n) is 5.76. The SMILES string of the molecule is CCOc1ccccc1N1CCN(C(=O)c2coc(CSc3nc4c(C)cccc4o3)n2)CC1. The first kappa shape index (κ1) is 22.3. The molecule has 0 radical (unpaired) electrons. The summed E-state index contributed by atoms with van der Waals surface area (Å²) in [6, 6.07) is 13.9. The fourth-order valence-corrected chi connectivity index (χ4v) is 4.72. The van der Waals surface area contributed by atoms with E-state index in [-0.39, 0.29) is 5.91 Å². The van der Waals surface area contributed by atoms with Crippen LogP contribution in [0.4, 0.5) is 5.69 Å². The lowest BCUT2D eigenvalue weighted by Gasteiger charge is -2.36. The fourth-order valence-electron chi connectivity index (χ4n) is 4.03. The van der Waals surface area contributed by atoms with Gasteiger partial charge in [-0.25, -0.2) is 9.97 Å². The van der Waals surface area contributed by atoms with E-state index < -0.39 is 0 Å². The van der Waals surface area contributed by atoms with E-state index in [2.05, 4.69) is 20.9 Å². The van der Waals surface area contributed by atoms with E-state index in [1.54, 1.807) is 0 Å². The van der Waals surface area contributed by atoms with Gasteiger partial charge in [-0.2, -0.15) is 0 Å². The minimum Gasteiger partial charge on any atom is -0.492 e. The van der Waals surface area contributed by atoms with Crippen LogP contribution in [0.5, 0.6) is 5.75 Å². The first-order chi connectivity index (χ1) is 16.6. The number of aromatic nitrogens is 2. The van der Waals surface area contributed by atoms with Crippen LogP contribution in [0, 0.1) is 6.92 Å². The van der Waals surface area contributed by atoms with Crippen molar-refractivity contribution in [3.05, 3.63) is 65.9 Å². The number of oxazole rings is 2. The summed E-state index contributed by atoms with van der Waals surface area (Å²) in [5.74, 6) is 1.66. The lowest BCUT2D eigenvalue weighted by Crippen LogP contribution is -2.49. The monoisotopic (exact) mass is 478 g/mol. The zero-order valence-electron chi connectivity index (χ0n) is 19.2. The van der Waals surface area contributed by atoms with Gasteiger partial charge >= 0.3 is 0 Å². The molecule has 34 heavy (non-hydrogen) atoms. The number of nitrogens with zero attached hydrogens (tertiary/aromatic N) is 4. The molecule has 0 unspecified atom stereocenters. The summed E-state index contributed by atoms with van der Waals surface area (Å²) in [6.07, 6.45) is 1.44. The molecule has 1 fully saturated rings. The number of anilines is 1. The van der Waals surface area contributed by atoms with Gasteiger partial charge < -0.3 is 23.4 Å². The number of ether oxygens (including phenoxy) is 1. The van der Waals surface area contributed by atoms with Gasteiger partial charge in [0.05, 0.1) is 18.0 Å². The maximum Gasteiger partial charge on any atom is 0.275 e. The number of benzene rings is 2. The minimum absolute atomic E-state index is 0.116. The Morgan fingerprint density at radius 2 is 1.91 bits per heavy atom. The van der Waals surface area contributed by atoms with E-state index in [0.29, 0.717) is 42.3 Å². The highest BCUT2D eigenvalue weighted by Gasteiger charge is 2.26. The summed E-state index contributed by atoms with van der Waals surface area (Å²) in [4.78, 5) is 26.0. The van der Waals surface area contributed by atoms with Gasteiger partial charge in [0.25, 0.3) is 11.1 Å². The number of hydrogen-bond acceptors (Lipinski definition) is 8. The third kappa shape index (κ3) is 4.61. The van der Waals surface area contributed by atoms with Gasteiger partial charge in [0, 0.05) is 26.2 Å². The Hall–Kier alpha value is -3.46. The molecule has 1 aliphatic rings. The molecule has 2 aromatic heterocycles. The van der Waals surface area contributed by atoms with Crippen LogP contribution >= 0.6 is 11.8 Å². The van der Waals surface area contributed by atoms with Crippen molar-refractivity contribution in [3.63, 3.8) is 0 Å². The number of aryl methyl sites for hydroxylation is 1. The van der Waals surface area contributed by atoms with Crippen LogP contribution in [0.15, 0.2) is 62.8 Å². The van der Waals surface area contributed by atoms with Crippen molar-refractivity contribution >= 4 is 34.5 Å². The van der Waals surface area contributed by atoms with Crippen LogP contribution in [-0.4, -0.2) is 53.6 Å². The summed E-state index contributed by atoms with van der Waals surface area (Å²) < 4.78 is 17.1. The number of hydrogen-bond donors (Lipinski definition) is 0. The molecule has 176 valence electrons. The summed E-state index contributed by atoms with van der Waals surface area (Å²) in [7, 11) is 0. The average molecular weight is 479 g/mol. The largest absolute Gasteiger partial charge is 0.492 e. The van der Waals surface area contributed by atoms with Gasteiger partial charge in [0.15, 0.2) is 11.3 Å². The topological polar surface area (TPSA) is 84.8 Å². The zero-order chi connectivity index (χ0) is 23.5. The first-order valence-electron chi connectivity index (χ1n) is 11.3. The molecule has 0 aliphatic carbocycles. The van der Waals surface area contributed by atoms with Gasteiger partial charge in [-0.15, -0.1) is 0 Å². The Labute approximate surface area is 201 Å². The highest BCUT2D eigenvalue weighted by molar-refractivity contribution is 7.98. The van der Waals surface area contributed by atoms with Crippen molar-refractivity contribution in [2.75, 3.05) is 37.7 Å². The maximum atomic E-state index is 13.0. The van der Waals surface area contributed by atoms with Crippen LogP contribution < -0.4 is 9.64 Å².